The van der Waals surface area contributed by atoms with E-state index in [0.717, 1.165) is 30.0 Å². The smallest absolute Gasteiger partial charge is 0.218 e. The van der Waals surface area contributed by atoms with Crippen molar-refractivity contribution in [3.8, 4) is 5.88 Å². The standard InChI is InChI=1S/C16H20N2O/c1-10(2)14-6-4-5-12-7-13-9-17-8-11(3)19-16(13)18-15(12)14/h4-7,10-11,17H,8-9H2,1-3H3. The van der Waals surface area contributed by atoms with Gasteiger partial charge in [-0.1, -0.05) is 32.0 Å². The molecule has 3 rings (SSSR count). The van der Waals surface area contributed by atoms with E-state index in [-0.39, 0.29) is 6.10 Å². The third kappa shape index (κ3) is 2.30. The second-order valence-corrected chi connectivity index (χ2v) is 5.59. The molecule has 0 amide bonds. The highest BCUT2D eigenvalue weighted by molar-refractivity contribution is 5.83. The monoisotopic (exact) mass is 256 g/mol. The van der Waals surface area contributed by atoms with Crippen LogP contribution < -0.4 is 10.1 Å². The molecule has 0 aliphatic carbocycles. The molecule has 1 N–H and O–H groups in total. The van der Waals surface area contributed by atoms with Crippen molar-refractivity contribution in [2.24, 2.45) is 0 Å². The van der Waals surface area contributed by atoms with Crippen molar-refractivity contribution >= 4 is 10.9 Å². The van der Waals surface area contributed by atoms with Crippen molar-refractivity contribution in [1.82, 2.24) is 10.3 Å². The van der Waals surface area contributed by atoms with Gasteiger partial charge in [0, 0.05) is 24.0 Å². The maximum absolute atomic E-state index is 5.93. The van der Waals surface area contributed by atoms with Crippen molar-refractivity contribution in [3.63, 3.8) is 0 Å². The van der Waals surface area contributed by atoms with Gasteiger partial charge in [0.05, 0.1) is 5.52 Å². The van der Waals surface area contributed by atoms with Gasteiger partial charge in [0.2, 0.25) is 5.88 Å². The number of rotatable bonds is 1. The Kier molecular flexibility index (Phi) is 3.15. The number of hydrogen-bond donors (Lipinski definition) is 1. The lowest BCUT2D eigenvalue weighted by Gasteiger charge is -2.14. The predicted molar refractivity (Wildman–Crippen MR) is 77.6 cm³/mol. The lowest BCUT2D eigenvalue weighted by molar-refractivity contribution is 0.218. The molecule has 100 valence electrons. The summed E-state index contributed by atoms with van der Waals surface area (Å²) in [6.07, 6.45) is 0.164. The van der Waals surface area contributed by atoms with E-state index in [0.29, 0.717) is 5.92 Å². The van der Waals surface area contributed by atoms with Crippen LogP contribution in [0.25, 0.3) is 10.9 Å². The SMILES string of the molecule is CC1CNCc2cc3cccc(C(C)C)c3nc2O1. The molecule has 1 aromatic heterocycles. The molecule has 1 aliphatic rings. The van der Waals surface area contributed by atoms with Crippen molar-refractivity contribution in [3.05, 3.63) is 35.4 Å². The third-order valence-electron chi connectivity index (χ3n) is 3.60. The Morgan fingerprint density at radius 1 is 1.37 bits per heavy atom. The third-order valence-corrected chi connectivity index (χ3v) is 3.60. The normalized spacial score (nSPS) is 19.1. The van der Waals surface area contributed by atoms with Crippen LogP contribution in [0.5, 0.6) is 5.88 Å². The zero-order valence-electron chi connectivity index (χ0n) is 11.7. The topological polar surface area (TPSA) is 34.2 Å². The van der Waals surface area contributed by atoms with Crippen molar-refractivity contribution in [2.45, 2.75) is 39.3 Å². The molecule has 0 radical (unpaired) electrons. The number of nitrogens with zero attached hydrogens (tertiary/aromatic N) is 1. The second-order valence-electron chi connectivity index (χ2n) is 5.59. The zero-order valence-corrected chi connectivity index (χ0v) is 11.7. The maximum Gasteiger partial charge on any atom is 0.218 e. The van der Waals surface area contributed by atoms with Gasteiger partial charge < -0.3 is 10.1 Å². The minimum Gasteiger partial charge on any atom is -0.473 e. The Morgan fingerprint density at radius 2 is 2.21 bits per heavy atom. The molecule has 0 bridgehead atoms. The van der Waals surface area contributed by atoms with E-state index in [1.165, 1.54) is 10.9 Å². The van der Waals surface area contributed by atoms with E-state index in [4.69, 9.17) is 9.72 Å². The van der Waals surface area contributed by atoms with Gasteiger partial charge in [0.25, 0.3) is 0 Å². The van der Waals surface area contributed by atoms with Crippen molar-refractivity contribution < 1.29 is 4.74 Å². The largest absolute Gasteiger partial charge is 0.473 e. The number of nitrogens with one attached hydrogen (secondary N) is 1. The van der Waals surface area contributed by atoms with Crippen LogP contribution in [0.2, 0.25) is 0 Å². The Balaban J connectivity index is 2.20. The molecule has 1 atom stereocenters. The van der Waals surface area contributed by atoms with Gasteiger partial charge in [0.1, 0.15) is 6.10 Å². The molecule has 1 aliphatic heterocycles. The molecule has 2 aromatic rings. The van der Waals surface area contributed by atoms with Gasteiger partial charge in [-0.15, -0.1) is 0 Å². The van der Waals surface area contributed by atoms with E-state index in [1.807, 2.05) is 0 Å². The van der Waals surface area contributed by atoms with Crippen LogP contribution in [0, 0.1) is 0 Å². The summed E-state index contributed by atoms with van der Waals surface area (Å²) in [4.78, 5) is 4.79. The molecule has 0 saturated heterocycles. The first-order valence-corrected chi connectivity index (χ1v) is 6.95. The summed E-state index contributed by atoms with van der Waals surface area (Å²) in [5, 5.41) is 4.59. The number of aromatic nitrogens is 1. The first-order valence-electron chi connectivity index (χ1n) is 6.95. The number of para-hydroxylation sites is 1. The van der Waals surface area contributed by atoms with Crippen LogP contribution in [0.15, 0.2) is 24.3 Å². The second kappa shape index (κ2) is 4.82. The van der Waals surface area contributed by atoms with E-state index in [9.17, 15) is 0 Å². The highest BCUT2D eigenvalue weighted by atomic mass is 16.5. The Morgan fingerprint density at radius 3 is 3.00 bits per heavy atom. The number of benzene rings is 1. The van der Waals surface area contributed by atoms with Crippen LogP contribution >= 0.6 is 0 Å². The average Bonchev–Trinajstić information content (AvgIpc) is 2.55. The number of ether oxygens (including phenoxy) is 1. The summed E-state index contributed by atoms with van der Waals surface area (Å²) in [7, 11) is 0. The molecule has 3 nitrogen and oxygen atoms in total. The first-order chi connectivity index (χ1) is 9.15. The molecule has 1 unspecified atom stereocenters. The summed E-state index contributed by atoms with van der Waals surface area (Å²) in [5.74, 6) is 1.26. The minimum absolute atomic E-state index is 0.164. The number of fused-ring (bicyclic) bond motifs is 2. The first kappa shape index (κ1) is 12.4. The highest BCUT2D eigenvalue weighted by Crippen LogP contribution is 2.29. The predicted octanol–water partition coefficient (Wildman–Crippen LogP) is 3.23. The number of hydrogen-bond acceptors (Lipinski definition) is 3. The molecule has 2 heterocycles. The van der Waals surface area contributed by atoms with Gasteiger partial charge >= 0.3 is 0 Å². The van der Waals surface area contributed by atoms with E-state index < -0.39 is 0 Å². The quantitative estimate of drug-likeness (QED) is 0.850. The summed E-state index contributed by atoms with van der Waals surface area (Å²) in [6, 6.07) is 8.60. The summed E-state index contributed by atoms with van der Waals surface area (Å²) < 4.78 is 5.93. The van der Waals surface area contributed by atoms with Crippen LogP contribution in [-0.4, -0.2) is 17.6 Å². The molecule has 1 aromatic carbocycles. The van der Waals surface area contributed by atoms with Crippen molar-refractivity contribution in [1.29, 1.82) is 0 Å². The fraction of sp³-hybridized carbons (Fsp3) is 0.438. The zero-order chi connectivity index (χ0) is 13.4. The Bertz CT molecular complexity index is 607. The molecule has 0 saturated carbocycles. The fourth-order valence-corrected chi connectivity index (χ4v) is 2.59. The number of pyridine rings is 1. The minimum atomic E-state index is 0.164. The van der Waals surface area contributed by atoms with E-state index >= 15 is 0 Å². The van der Waals surface area contributed by atoms with Crippen molar-refractivity contribution in [2.75, 3.05) is 6.54 Å². The molecule has 3 heteroatoms. The highest BCUT2D eigenvalue weighted by Gasteiger charge is 2.17. The molecule has 0 fully saturated rings. The van der Waals surface area contributed by atoms with Gasteiger partial charge in [-0.25, -0.2) is 4.98 Å². The summed E-state index contributed by atoms with van der Waals surface area (Å²) in [6.45, 7) is 8.17. The van der Waals surface area contributed by atoms with Crippen LogP contribution in [0.3, 0.4) is 0 Å². The van der Waals surface area contributed by atoms with Gasteiger partial charge in [-0.3, -0.25) is 0 Å². The molecular weight excluding hydrogens is 236 g/mol. The van der Waals surface area contributed by atoms with Crippen LogP contribution in [0.1, 0.15) is 37.8 Å². The lowest BCUT2D eigenvalue weighted by atomic mass is 9.99. The van der Waals surface area contributed by atoms with Gasteiger partial charge in [-0.05, 0) is 24.5 Å². The average molecular weight is 256 g/mol. The summed E-state index contributed by atoms with van der Waals surface area (Å²) >= 11 is 0. The van der Waals surface area contributed by atoms with Crippen LogP contribution in [-0.2, 0) is 6.54 Å². The van der Waals surface area contributed by atoms with Gasteiger partial charge in [-0.2, -0.15) is 0 Å². The molecule has 19 heavy (non-hydrogen) atoms. The van der Waals surface area contributed by atoms with E-state index in [2.05, 4.69) is 50.4 Å². The van der Waals surface area contributed by atoms with E-state index in [1.54, 1.807) is 0 Å². The van der Waals surface area contributed by atoms with Crippen LogP contribution in [0.4, 0.5) is 0 Å². The summed E-state index contributed by atoms with van der Waals surface area (Å²) in [5.41, 5.74) is 3.51. The molecule has 0 spiro atoms. The fourth-order valence-electron chi connectivity index (χ4n) is 2.59. The Hall–Kier alpha value is -1.61. The molecular formula is C16H20N2O. The maximum atomic E-state index is 5.93. The lowest BCUT2D eigenvalue weighted by Crippen LogP contribution is -2.25. The Labute approximate surface area is 114 Å². The van der Waals surface area contributed by atoms with Gasteiger partial charge in [0.15, 0.2) is 0 Å².